The first-order valence-corrected chi connectivity index (χ1v) is 15.3. The van der Waals surface area contributed by atoms with Crippen LogP contribution < -0.4 is 14.8 Å². The van der Waals surface area contributed by atoms with E-state index in [0.29, 0.717) is 36.2 Å². The van der Waals surface area contributed by atoms with Gasteiger partial charge >= 0.3 is 0 Å². The van der Waals surface area contributed by atoms with Crippen molar-refractivity contribution in [2.24, 2.45) is 0 Å². The highest BCUT2D eigenvalue weighted by molar-refractivity contribution is 7.10. The summed E-state index contributed by atoms with van der Waals surface area (Å²) >= 11 is 1.72. The second-order valence-electron chi connectivity index (χ2n) is 12.6. The molecule has 1 saturated heterocycles. The molecular formula is C33H37N3O4S. The largest absolute Gasteiger partial charge is 0.454 e. The van der Waals surface area contributed by atoms with Crippen LogP contribution in [0.15, 0.2) is 53.9 Å². The molecule has 3 aliphatic rings. The normalized spacial score (nSPS) is 19.3. The van der Waals surface area contributed by atoms with Gasteiger partial charge in [0.2, 0.25) is 18.6 Å². The monoisotopic (exact) mass is 571 g/mol. The summed E-state index contributed by atoms with van der Waals surface area (Å²) in [5.41, 5.74) is 6.10. The first-order valence-electron chi connectivity index (χ1n) is 14.4. The van der Waals surface area contributed by atoms with Crippen molar-refractivity contribution in [3.05, 3.63) is 70.1 Å². The lowest BCUT2D eigenvalue weighted by Gasteiger charge is -2.42. The molecule has 0 atom stereocenters. The number of nitrogens with zero attached hydrogens (tertiary/aromatic N) is 2. The topological polar surface area (TPSA) is 80.8 Å². The van der Waals surface area contributed by atoms with Gasteiger partial charge in [0.25, 0.3) is 0 Å². The number of amides is 2. The fourth-order valence-corrected chi connectivity index (χ4v) is 7.11. The highest BCUT2D eigenvalue weighted by Gasteiger charge is 2.37. The molecule has 3 aromatic rings. The Labute approximate surface area is 245 Å². The molecule has 41 heavy (non-hydrogen) atoms. The summed E-state index contributed by atoms with van der Waals surface area (Å²) < 4.78 is 10.6. The molecular weight excluding hydrogens is 534 g/mol. The van der Waals surface area contributed by atoms with Crippen molar-refractivity contribution in [1.82, 2.24) is 9.88 Å². The fraction of sp³-hybridized carbons (Fsp3) is 0.424. The van der Waals surface area contributed by atoms with Crippen LogP contribution in [0.4, 0.5) is 5.69 Å². The Bertz CT molecular complexity index is 1510. The molecule has 7 nitrogen and oxygen atoms in total. The maximum absolute atomic E-state index is 12.8. The summed E-state index contributed by atoms with van der Waals surface area (Å²) in [6.45, 7) is 10.9. The van der Waals surface area contributed by atoms with Crippen LogP contribution >= 0.6 is 11.3 Å². The van der Waals surface area contributed by atoms with E-state index in [1.54, 1.807) is 29.5 Å². The van der Waals surface area contributed by atoms with E-state index in [1.807, 2.05) is 4.90 Å². The minimum atomic E-state index is -0.364. The first kappa shape index (κ1) is 27.5. The number of aromatic nitrogens is 1. The Hall–Kier alpha value is -3.65. The van der Waals surface area contributed by atoms with E-state index < -0.39 is 0 Å². The van der Waals surface area contributed by atoms with Gasteiger partial charge in [0.15, 0.2) is 11.5 Å². The lowest BCUT2D eigenvalue weighted by Crippen LogP contribution is -2.37. The van der Waals surface area contributed by atoms with Crippen LogP contribution in [0, 0.1) is 0 Å². The average molecular weight is 572 g/mol. The van der Waals surface area contributed by atoms with Crippen LogP contribution in [0.25, 0.3) is 11.3 Å². The lowest BCUT2D eigenvalue weighted by molar-refractivity contribution is -0.127. The number of fused-ring (bicyclic) bond motifs is 2. The number of hydrogen-bond acceptors (Lipinski definition) is 6. The first-order chi connectivity index (χ1) is 19.6. The molecule has 0 radical (unpaired) electrons. The molecule has 1 aromatic heterocycles. The summed E-state index contributed by atoms with van der Waals surface area (Å²) in [5.74, 6) is 1.07. The number of benzene rings is 2. The molecule has 2 aliphatic heterocycles. The minimum Gasteiger partial charge on any atom is -0.454 e. The molecule has 6 rings (SSSR count). The number of rotatable bonds is 5. The van der Waals surface area contributed by atoms with Gasteiger partial charge in [-0.2, -0.15) is 0 Å². The lowest BCUT2D eigenvalue weighted by atomic mass is 9.63. The molecule has 214 valence electrons. The summed E-state index contributed by atoms with van der Waals surface area (Å²) in [4.78, 5) is 32.0. The molecule has 2 aromatic carbocycles. The third-order valence-electron chi connectivity index (χ3n) is 8.84. The van der Waals surface area contributed by atoms with Gasteiger partial charge in [-0.3, -0.25) is 9.59 Å². The Morgan fingerprint density at radius 1 is 0.951 bits per heavy atom. The van der Waals surface area contributed by atoms with Gasteiger partial charge in [-0.25, -0.2) is 4.98 Å². The van der Waals surface area contributed by atoms with Crippen LogP contribution in [-0.4, -0.2) is 41.6 Å². The molecule has 1 aliphatic carbocycles. The number of thiazole rings is 1. The zero-order valence-corrected chi connectivity index (χ0v) is 25.0. The second-order valence-corrected chi connectivity index (χ2v) is 13.5. The van der Waals surface area contributed by atoms with Crippen LogP contribution in [-0.2, 0) is 20.4 Å². The summed E-state index contributed by atoms with van der Waals surface area (Å²) in [6.07, 6.45) is 6.76. The van der Waals surface area contributed by atoms with E-state index >= 15 is 0 Å². The molecule has 3 heterocycles. The maximum atomic E-state index is 12.8. The Balaban J connectivity index is 1.05. The molecule has 0 spiro atoms. The second kappa shape index (κ2) is 10.6. The molecule has 1 N–H and O–H groups in total. The number of piperidine rings is 1. The molecule has 0 unspecified atom stereocenters. The maximum Gasteiger partial charge on any atom is 0.248 e. The van der Waals surface area contributed by atoms with Crippen LogP contribution in [0.1, 0.15) is 75.4 Å². The number of likely N-dealkylation sites (tertiary alicyclic amines) is 1. The Morgan fingerprint density at radius 3 is 2.46 bits per heavy atom. The van der Waals surface area contributed by atoms with Gasteiger partial charge in [0.1, 0.15) is 0 Å². The van der Waals surface area contributed by atoms with E-state index in [4.69, 9.17) is 14.5 Å². The smallest absolute Gasteiger partial charge is 0.248 e. The van der Waals surface area contributed by atoms with Crippen LogP contribution in [0.2, 0.25) is 0 Å². The van der Waals surface area contributed by atoms with Crippen LogP contribution in [0.5, 0.6) is 11.5 Å². The van der Waals surface area contributed by atoms with Crippen molar-refractivity contribution >= 4 is 28.8 Å². The van der Waals surface area contributed by atoms with E-state index in [1.165, 1.54) is 41.7 Å². The quantitative estimate of drug-likeness (QED) is 0.341. The van der Waals surface area contributed by atoms with E-state index in [0.717, 1.165) is 23.5 Å². The summed E-state index contributed by atoms with van der Waals surface area (Å²) in [7, 11) is 0. The molecule has 8 heteroatoms. The third-order valence-corrected chi connectivity index (χ3v) is 9.85. The van der Waals surface area contributed by atoms with Crippen LogP contribution in [0.3, 0.4) is 0 Å². The minimum absolute atomic E-state index is 0.149. The van der Waals surface area contributed by atoms with Gasteiger partial charge in [-0.05, 0) is 65.8 Å². The number of carbonyl (C=O) groups is 2. The van der Waals surface area contributed by atoms with Crippen molar-refractivity contribution in [3.8, 4) is 22.8 Å². The van der Waals surface area contributed by atoms with E-state index in [-0.39, 0.29) is 29.4 Å². The SMILES string of the molecule is CC1(C)CCC(C)(C)c2cc(-c3csc(C4CCN(C(=O)/C=C/C(=O)Nc5ccc6c(c5)OCO6)CC4)n3)ccc21. The number of nitrogens with one attached hydrogen (secondary N) is 1. The molecule has 0 saturated carbocycles. The van der Waals surface area contributed by atoms with E-state index in [9.17, 15) is 9.59 Å². The molecule has 0 bridgehead atoms. The van der Waals surface area contributed by atoms with Gasteiger partial charge < -0.3 is 19.7 Å². The number of ether oxygens (including phenoxy) is 2. The number of anilines is 1. The van der Waals surface area contributed by atoms with Gasteiger partial charge in [0, 0.05) is 53.9 Å². The molecule has 2 amide bonds. The standard InChI is InChI=1S/C33H37N3O4S/c1-32(2)13-14-33(3,4)25-17-22(5-7-24(25)32)26-19-41-31(35-26)21-11-15-36(16-12-21)30(38)10-9-29(37)34-23-6-8-27-28(18-23)40-20-39-27/h5-10,17-19,21H,11-16,20H2,1-4H3,(H,34,37)/b10-9+. The highest BCUT2D eigenvalue weighted by Crippen LogP contribution is 2.47. The fourth-order valence-electron chi connectivity index (χ4n) is 6.11. The Morgan fingerprint density at radius 2 is 1.68 bits per heavy atom. The predicted octanol–water partition coefficient (Wildman–Crippen LogP) is 6.79. The van der Waals surface area contributed by atoms with Gasteiger partial charge in [-0.15, -0.1) is 11.3 Å². The van der Waals surface area contributed by atoms with Gasteiger partial charge in [0.05, 0.1) is 10.7 Å². The summed E-state index contributed by atoms with van der Waals surface area (Å²) in [5, 5.41) is 6.08. The Kier molecular flexibility index (Phi) is 7.14. The highest BCUT2D eigenvalue weighted by atomic mass is 32.1. The molecule has 1 fully saturated rings. The zero-order chi connectivity index (χ0) is 28.8. The van der Waals surface area contributed by atoms with Crippen molar-refractivity contribution in [2.45, 2.75) is 70.1 Å². The zero-order valence-electron chi connectivity index (χ0n) is 24.2. The number of carbonyl (C=O) groups excluding carboxylic acids is 2. The number of hydrogen-bond donors (Lipinski definition) is 1. The van der Waals surface area contributed by atoms with Gasteiger partial charge in [-0.1, -0.05) is 39.8 Å². The third kappa shape index (κ3) is 5.62. The average Bonchev–Trinajstić information content (AvgIpc) is 3.64. The summed E-state index contributed by atoms with van der Waals surface area (Å²) in [6, 6.07) is 12.1. The van der Waals surface area contributed by atoms with Crippen molar-refractivity contribution in [2.75, 3.05) is 25.2 Å². The predicted molar refractivity (Wildman–Crippen MR) is 162 cm³/mol. The van der Waals surface area contributed by atoms with Crippen molar-refractivity contribution in [3.63, 3.8) is 0 Å². The van der Waals surface area contributed by atoms with Crippen molar-refractivity contribution in [1.29, 1.82) is 0 Å². The van der Waals surface area contributed by atoms with Crippen molar-refractivity contribution < 1.29 is 19.1 Å². The van der Waals surface area contributed by atoms with E-state index in [2.05, 4.69) is 56.6 Å².